The number of urea groups is 1. The van der Waals surface area contributed by atoms with Crippen molar-refractivity contribution >= 4 is 6.03 Å². The van der Waals surface area contributed by atoms with Crippen molar-refractivity contribution in [3.05, 3.63) is 35.9 Å². The smallest absolute Gasteiger partial charge is 0.338 e. The summed E-state index contributed by atoms with van der Waals surface area (Å²) in [5.74, 6) is 0. The van der Waals surface area contributed by atoms with E-state index < -0.39 is 0 Å². The van der Waals surface area contributed by atoms with E-state index in [-0.39, 0.29) is 18.7 Å². The molecule has 0 heterocycles. The summed E-state index contributed by atoms with van der Waals surface area (Å²) in [6.07, 6.45) is 1.31. The van der Waals surface area contributed by atoms with Crippen LogP contribution in [0.5, 0.6) is 0 Å². The second-order valence-corrected chi connectivity index (χ2v) is 3.97. The number of benzene rings is 1. The normalized spacial score (nSPS) is 11.9. The zero-order chi connectivity index (χ0) is 13.2. The van der Waals surface area contributed by atoms with E-state index in [0.29, 0.717) is 13.0 Å². The summed E-state index contributed by atoms with van der Waals surface area (Å²) in [4.78, 5) is 16.5. The molecule has 1 aromatic rings. The Hall–Kier alpha value is -1.59. The van der Waals surface area contributed by atoms with Gasteiger partial charge in [0.2, 0.25) is 0 Å². The monoisotopic (exact) mass is 252 g/mol. The van der Waals surface area contributed by atoms with Crippen LogP contribution in [0.25, 0.3) is 0 Å². The van der Waals surface area contributed by atoms with Gasteiger partial charge < -0.3 is 10.4 Å². The van der Waals surface area contributed by atoms with E-state index in [1.54, 1.807) is 0 Å². The van der Waals surface area contributed by atoms with E-state index in [1.807, 2.05) is 37.3 Å². The molecule has 1 unspecified atom stereocenters. The molecule has 18 heavy (non-hydrogen) atoms. The SMILES string of the molecule is CCC(CCO)NC(=O)NOCc1ccccc1. The molecule has 2 amide bonds. The van der Waals surface area contributed by atoms with Crippen molar-refractivity contribution in [1.29, 1.82) is 0 Å². The van der Waals surface area contributed by atoms with Gasteiger partial charge in [-0.25, -0.2) is 10.3 Å². The number of nitrogens with one attached hydrogen (secondary N) is 2. The number of hydroxylamine groups is 1. The third kappa shape index (κ3) is 5.65. The lowest BCUT2D eigenvalue weighted by atomic mass is 10.2. The summed E-state index contributed by atoms with van der Waals surface area (Å²) in [6.45, 7) is 2.33. The molecule has 0 spiro atoms. The fraction of sp³-hybridized carbons (Fsp3) is 0.462. The maximum Gasteiger partial charge on any atom is 0.338 e. The Bertz CT molecular complexity index is 343. The molecule has 0 fully saturated rings. The van der Waals surface area contributed by atoms with Crippen molar-refractivity contribution < 1.29 is 14.7 Å². The largest absolute Gasteiger partial charge is 0.396 e. The average molecular weight is 252 g/mol. The van der Waals surface area contributed by atoms with Crippen molar-refractivity contribution in [2.24, 2.45) is 0 Å². The minimum Gasteiger partial charge on any atom is -0.396 e. The second kappa shape index (κ2) is 8.49. The Kier molecular flexibility index (Phi) is 6.83. The Morgan fingerprint density at radius 2 is 2.11 bits per heavy atom. The molecule has 0 saturated heterocycles. The third-order valence-corrected chi connectivity index (χ3v) is 2.55. The topological polar surface area (TPSA) is 70.6 Å². The molecule has 1 atom stereocenters. The molecule has 1 aromatic carbocycles. The summed E-state index contributed by atoms with van der Waals surface area (Å²) in [5.41, 5.74) is 3.31. The first-order chi connectivity index (χ1) is 8.76. The van der Waals surface area contributed by atoms with Crippen molar-refractivity contribution in [2.45, 2.75) is 32.4 Å². The molecule has 5 heteroatoms. The van der Waals surface area contributed by atoms with Crippen molar-refractivity contribution in [3.63, 3.8) is 0 Å². The maximum absolute atomic E-state index is 11.4. The van der Waals surface area contributed by atoms with E-state index in [4.69, 9.17) is 9.94 Å². The highest BCUT2D eigenvalue weighted by atomic mass is 16.7. The van der Waals surface area contributed by atoms with Gasteiger partial charge in [0.15, 0.2) is 0 Å². The molecular formula is C13H20N2O3. The molecule has 3 N–H and O–H groups in total. The van der Waals surface area contributed by atoms with Crippen molar-refractivity contribution in [3.8, 4) is 0 Å². The number of aliphatic hydroxyl groups excluding tert-OH is 1. The fourth-order valence-electron chi connectivity index (χ4n) is 1.51. The molecule has 0 saturated carbocycles. The van der Waals surface area contributed by atoms with Gasteiger partial charge in [0.1, 0.15) is 0 Å². The first kappa shape index (κ1) is 14.5. The van der Waals surface area contributed by atoms with Crippen LogP contribution < -0.4 is 10.8 Å². The lowest BCUT2D eigenvalue weighted by molar-refractivity contribution is 0.0477. The van der Waals surface area contributed by atoms with Crippen LogP contribution in [0.1, 0.15) is 25.3 Å². The van der Waals surface area contributed by atoms with E-state index in [1.165, 1.54) is 0 Å². The fourth-order valence-corrected chi connectivity index (χ4v) is 1.51. The summed E-state index contributed by atoms with van der Waals surface area (Å²) >= 11 is 0. The van der Waals surface area contributed by atoms with Crippen LogP contribution >= 0.6 is 0 Å². The van der Waals surface area contributed by atoms with Crippen molar-refractivity contribution in [2.75, 3.05) is 6.61 Å². The van der Waals surface area contributed by atoms with Gasteiger partial charge in [-0.3, -0.25) is 4.84 Å². The predicted molar refractivity (Wildman–Crippen MR) is 68.7 cm³/mol. The van der Waals surface area contributed by atoms with E-state index in [2.05, 4.69) is 10.8 Å². The molecular weight excluding hydrogens is 232 g/mol. The molecule has 0 radical (unpaired) electrons. The Morgan fingerprint density at radius 1 is 1.39 bits per heavy atom. The quantitative estimate of drug-likeness (QED) is 0.645. The number of carbonyl (C=O) groups excluding carboxylic acids is 1. The van der Waals surface area contributed by atoms with Gasteiger partial charge in [0.05, 0.1) is 6.61 Å². The summed E-state index contributed by atoms with van der Waals surface area (Å²) in [7, 11) is 0. The molecule has 0 aliphatic carbocycles. The number of carbonyl (C=O) groups is 1. The first-order valence-corrected chi connectivity index (χ1v) is 6.09. The number of amides is 2. The lowest BCUT2D eigenvalue weighted by Gasteiger charge is -2.15. The summed E-state index contributed by atoms with van der Waals surface area (Å²) in [5, 5.41) is 11.5. The van der Waals surface area contributed by atoms with Crippen LogP contribution in [0.4, 0.5) is 4.79 Å². The highest BCUT2D eigenvalue weighted by Gasteiger charge is 2.09. The lowest BCUT2D eigenvalue weighted by Crippen LogP contribution is -2.42. The highest BCUT2D eigenvalue weighted by molar-refractivity contribution is 5.72. The van der Waals surface area contributed by atoms with Crippen LogP contribution in [0, 0.1) is 0 Å². The molecule has 100 valence electrons. The van der Waals surface area contributed by atoms with Crippen LogP contribution in [0.15, 0.2) is 30.3 Å². The van der Waals surface area contributed by atoms with E-state index >= 15 is 0 Å². The standard InChI is InChI=1S/C13H20N2O3/c1-2-12(8-9-16)14-13(17)15-18-10-11-6-4-3-5-7-11/h3-7,12,16H,2,8-10H2,1H3,(H2,14,15,17). The number of rotatable bonds is 7. The van der Waals surface area contributed by atoms with Crippen molar-refractivity contribution in [1.82, 2.24) is 10.8 Å². The van der Waals surface area contributed by atoms with E-state index in [0.717, 1.165) is 12.0 Å². The molecule has 0 aliphatic rings. The molecule has 0 bridgehead atoms. The third-order valence-electron chi connectivity index (χ3n) is 2.55. The Labute approximate surface area is 107 Å². The minimum absolute atomic E-state index is 0.0321. The molecule has 0 aliphatic heterocycles. The zero-order valence-electron chi connectivity index (χ0n) is 10.6. The molecule has 1 rings (SSSR count). The Balaban J connectivity index is 2.20. The summed E-state index contributed by atoms with van der Waals surface area (Å²) in [6, 6.07) is 9.16. The van der Waals surface area contributed by atoms with Crippen LogP contribution in [0.3, 0.4) is 0 Å². The van der Waals surface area contributed by atoms with Gasteiger partial charge in [0.25, 0.3) is 0 Å². The van der Waals surface area contributed by atoms with Crippen LogP contribution in [-0.4, -0.2) is 23.8 Å². The second-order valence-electron chi connectivity index (χ2n) is 3.97. The zero-order valence-corrected chi connectivity index (χ0v) is 10.6. The predicted octanol–water partition coefficient (Wildman–Crippen LogP) is 1.58. The van der Waals surface area contributed by atoms with Gasteiger partial charge >= 0.3 is 6.03 Å². The first-order valence-electron chi connectivity index (χ1n) is 6.09. The van der Waals surface area contributed by atoms with Gasteiger partial charge in [-0.05, 0) is 18.4 Å². The van der Waals surface area contributed by atoms with Crippen LogP contribution in [-0.2, 0) is 11.4 Å². The molecule has 0 aromatic heterocycles. The van der Waals surface area contributed by atoms with E-state index in [9.17, 15) is 4.79 Å². The number of hydrogen-bond acceptors (Lipinski definition) is 3. The number of aliphatic hydroxyl groups is 1. The average Bonchev–Trinajstić information content (AvgIpc) is 2.39. The summed E-state index contributed by atoms with van der Waals surface area (Å²) < 4.78 is 0. The van der Waals surface area contributed by atoms with Gasteiger partial charge in [0, 0.05) is 12.6 Å². The van der Waals surface area contributed by atoms with Gasteiger partial charge in [-0.2, -0.15) is 0 Å². The van der Waals surface area contributed by atoms with Gasteiger partial charge in [-0.1, -0.05) is 37.3 Å². The highest BCUT2D eigenvalue weighted by Crippen LogP contribution is 1.99. The Morgan fingerprint density at radius 3 is 2.72 bits per heavy atom. The molecule has 5 nitrogen and oxygen atoms in total. The van der Waals surface area contributed by atoms with Crippen LogP contribution in [0.2, 0.25) is 0 Å². The van der Waals surface area contributed by atoms with Gasteiger partial charge in [-0.15, -0.1) is 0 Å². The maximum atomic E-state index is 11.4. The minimum atomic E-state index is -0.383. The number of hydrogen-bond donors (Lipinski definition) is 3.